The summed E-state index contributed by atoms with van der Waals surface area (Å²) in [6, 6.07) is 15.6. The number of likely N-dealkylation sites (N-methyl/N-ethyl adjacent to an activating group) is 1. The molecule has 0 aliphatic heterocycles. The van der Waals surface area contributed by atoms with Crippen molar-refractivity contribution >= 4 is 28.6 Å². The number of carbonyl (C=O) groups is 1. The minimum atomic E-state index is -0.467. The molecule has 6 nitrogen and oxygen atoms in total. The average molecular weight is 350 g/mol. The number of benzene rings is 2. The van der Waals surface area contributed by atoms with Crippen LogP contribution in [0.5, 0.6) is 0 Å². The maximum atomic E-state index is 12.5. The van der Waals surface area contributed by atoms with Gasteiger partial charge in [-0.15, -0.1) is 0 Å². The summed E-state index contributed by atoms with van der Waals surface area (Å²) in [5.74, 6) is 0.414. The summed E-state index contributed by atoms with van der Waals surface area (Å²) in [5.41, 5.74) is 1.12. The summed E-state index contributed by atoms with van der Waals surface area (Å²) in [5, 5.41) is 12.0. The highest BCUT2D eigenvalue weighted by Gasteiger charge is 2.19. The molecule has 0 bridgehead atoms. The van der Waals surface area contributed by atoms with E-state index in [4.69, 9.17) is 4.42 Å². The first kappa shape index (κ1) is 17.4. The number of hydrogen-bond donors (Lipinski definition) is 0. The Bertz CT molecular complexity index is 957. The van der Waals surface area contributed by atoms with Gasteiger partial charge in [0.05, 0.1) is 16.5 Å². The Labute approximate surface area is 150 Å². The third kappa shape index (κ3) is 3.49. The molecule has 1 heterocycles. The average Bonchev–Trinajstić information content (AvgIpc) is 3.09. The molecule has 6 heteroatoms. The Morgan fingerprint density at radius 2 is 1.88 bits per heavy atom. The molecule has 0 aliphatic carbocycles. The zero-order valence-electron chi connectivity index (χ0n) is 14.5. The van der Waals surface area contributed by atoms with E-state index in [9.17, 15) is 14.9 Å². The fourth-order valence-electron chi connectivity index (χ4n) is 2.66. The van der Waals surface area contributed by atoms with E-state index in [-0.39, 0.29) is 17.6 Å². The highest BCUT2D eigenvalue weighted by molar-refractivity contribution is 5.92. The number of fused-ring (bicyclic) bond motifs is 1. The van der Waals surface area contributed by atoms with Crippen molar-refractivity contribution in [3.63, 3.8) is 0 Å². The van der Waals surface area contributed by atoms with E-state index in [1.807, 2.05) is 37.3 Å². The summed E-state index contributed by atoms with van der Waals surface area (Å²) in [4.78, 5) is 24.6. The number of nitro benzene ring substituents is 1. The van der Waals surface area contributed by atoms with Gasteiger partial charge in [0.2, 0.25) is 5.91 Å². The normalized spacial score (nSPS) is 12.4. The van der Waals surface area contributed by atoms with E-state index in [1.165, 1.54) is 23.1 Å². The molecule has 3 aromatic rings. The smallest absolute Gasteiger partial charge is 0.276 e. The number of rotatable bonds is 5. The second-order valence-electron chi connectivity index (χ2n) is 5.96. The Balaban J connectivity index is 1.78. The molecule has 1 unspecified atom stereocenters. The molecule has 1 aromatic heterocycles. The monoisotopic (exact) mass is 350 g/mol. The van der Waals surface area contributed by atoms with Crippen molar-refractivity contribution in [2.45, 2.75) is 13.0 Å². The zero-order valence-corrected chi connectivity index (χ0v) is 14.5. The lowest BCUT2D eigenvalue weighted by Gasteiger charge is -2.21. The second kappa shape index (κ2) is 7.23. The quantitative estimate of drug-likeness (QED) is 0.383. The van der Waals surface area contributed by atoms with Crippen LogP contribution in [-0.2, 0) is 4.79 Å². The Morgan fingerprint density at radius 1 is 1.19 bits per heavy atom. The van der Waals surface area contributed by atoms with Gasteiger partial charge in [0.1, 0.15) is 11.3 Å². The molecule has 0 saturated carbocycles. The van der Waals surface area contributed by atoms with Gasteiger partial charge < -0.3 is 9.32 Å². The second-order valence-corrected chi connectivity index (χ2v) is 5.96. The van der Waals surface area contributed by atoms with E-state index in [0.29, 0.717) is 11.3 Å². The van der Waals surface area contributed by atoms with E-state index in [0.717, 1.165) is 11.0 Å². The van der Waals surface area contributed by atoms with Gasteiger partial charge in [-0.1, -0.05) is 30.3 Å². The van der Waals surface area contributed by atoms with Crippen molar-refractivity contribution in [1.82, 2.24) is 4.90 Å². The first-order valence-electron chi connectivity index (χ1n) is 8.14. The molecule has 0 fully saturated rings. The first-order chi connectivity index (χ1) is 12.5. The largest absolute Gasteiger partial charge is 0.459 e. The van der Waals surface area contributed by atoms with Crippen molar-refractivity contribution < 1.29 is 14.1 Å². The van der Waals surface area contributed by atoms with Crippen LogP contribution < -0.4 is 0 Å². The molecule has 0 aliphatic rings. The minimum Gasteiger partial charge on any atom is -0.459 e. The van der Waals surface area contributed by atoms with Crippen molar-refractivity contribution in [2.75, 3.05) is 7.05 Å². The van der Waals surface area contributed by atoms with Gasteiger partial charge >= 0.3 is 0 Å². The Morgan fingerprint density at radius 3 is 2.62 bits per heavy atom. The summed E-state index contributed by atoms with van der Waals surface area (Å²) < 4.78 is 5.81. The van der Waals surface area contributed by atoms with Gasteiger partial charge in [-0.25, -0.2) is 0 Å². The van der Waals surface area contributed by atoms with Crippen molar-refractivity contribution in [2.24, 2.45) is 0 Å². The predicted molar refractivity (Wildman–Crippen MR) is 99.5 cm³/mol. The lowest BCUT2D eigenvalue weighted by atomic mass is 10.1. The standard InChI is InChI=1S/C20H18N2O4/c1-14(19-13-16-8-4-6-10-18(16)26-19)21(2)20(23)12-11-15-7-3-5-9-17(15)22(24)25/h3-14H,1-2H3. The molecule has 2 aromatic carbocycles. The van der Waals surface area contributed by atoms with Gasteiger partial charge in [-0.05, 0) is 31.2 Å². The number of nitro groups is 1. The van der Waals surface area contributed by atoms with Gasteiger partial charge in [0, 0.05) is 24.6 Å². The highest BCUT2D eigenvalue weighted by Crippen LogP contribution is 2.27. The van der Waals surface area contributed by atoms with Crippen molar-refractivity contribution in [3.8, 4) is 0 Å². The lowest BCUT2D eigenvalue weighted by molar-refractivity contribution is -0.385. The Kier molecular flexibility index (Phi) is 4.84. The lowest BCUT2D eigenvalue weighted by Crippen LogP contribution is -2.27. The molecule has 0 radical (unpaired) electrons. The SMILES string of the molecule is CC(c1cc2ccccc2o1)N(C)C(=O)C=Cc1ccccc1[N+](=O)[O-]. The molecule has 1 atom stereocenters. The van der Waals surface area contributed by atoms with E-state index in [2.05, 4.69) is 0 Å². The maximum absolute atomic E-state index is 12.5. The molecular formula is C20H18N2O4. The van der Waals surface area contributed by atoms with Crippen LogP contribution in [0.4, 0.5) is 5.69 Å². The van der Waals surface area contributed by atoms with Gasteiger partial charge in [0.25, 0.3) is 5.69 Å². The molecule has 1 amide bonds. The number of hydrogen-bond acceptors (Lipinski definition) is 4. The number of para-hydroxylation sites is 2. The van der Waals surface area contributed by atoms with Crippen LogP contribution in [0.1, 0.15) is 24.3 Å². The molecular weight excluding hydrogens is 332 g/mol. The predicted octanol–water partition coefficient (Wildman–Crippen LogP) is 4.57. The third-order valence-corrected chi connectivity index (χ3v) is 4.32. The summed E-state index contributed by atoms with van der Waals surface area (Å²) in [6.07, 6.45) is 2.80. The van der Waals surface area contributed by atoms with Crippen LogP contribution in [0.2, 0.25) is 0 Å². The van der Waals surface area contributed by atoms with Crippen LogP contribution in [0, 0.1) is 10.1 Å². The number of nitrogens with zero attached hydrogens (tertiary/aromatic N) is 2. The van der Waals surface area contributed by atoms with E-state index < -0.39 is 4.92 Å². The fraction of sp³-hybridized carbons (Fsp3) is 0.150. The molecule has 26 heavy (non-hydrogen) atoms. The number of amides is 1. The number of furan rings is 1. The summed E-state index contributed by atoms with van der Waals surface area (Å²) in [6.45, 7) is 1.87. The van der Waals surface area contributed by atoms with E-state index >= 15 is 0 Å². The maximum Gasteiger partial charge on any atom is 0.276 e. The molecule has 0 spiro atoms. The van der Waals surface area contributed by atoms with E-state index in [1.54, 1.807) is 25.2 Å². The van der Waals surface area contributed by atoms with Crippen LogP contribution in [-0.4, -0.2) is 22.8 Å². The van der Waals surface area contributed by atoms with Crippen LogP contribution in [0.15, 0.2) is 65.1 Å². The van der Waals surface area contributed by atoms with Crippen LogP contribution in [0.25, 0.3) is 17.0 Å². The molecule has 3 rings (SSSR count). The van der Waals surface area contributed by atoms with Crippen molar-refractivity contribution in [1.29, 1.82) is 0 Å². The van der Waals surface area contributed by atoms with Gasteiger partial charge in [-0.2, -0.15) is 0 Å². The Hall–Kier alpha value is -3.41. The molecule has 132 valence electrons. The van der Waals surface area contributed by atoms with Gasteiger partial charge in [0.15, 0.2) is 0 Å². The summed E-state index contributed by atoms with van der Waals surface area (Å²) >= 11 is 0. The third-order valence-electron chi connectivity index (χ3n) is 4.32. The highest BCUT2D eigenvalue weighted by atomic mass is 16.6. The zero-order chi connectivity index (χ0) is 18.7. The van der Waals surface area contributed by atoms with Crippen LogP contribution in [0.3, 0.4) is 0 Å². The first-order valence-corrected chi connectivity index (χ1v) is 8.14. The van der Waals surface area contributed by atoms with Crippen LogP contribution >= 0.6 is 0 Å². The minimum absolute atomic E-state index is 0.0375. The van der Waals surface area contributed by atoms with Gasteiger partial charge in [-0.3, -0.25) is 14.9 Å². The summed E-state index contributed by atoms with van der Waals surface area (Å²) in [7, 11) is 1.67. The molecule has 0 saturated heterocycles. The number of carbonyl (C=O) groups excluding carboxylic acids is 1. The molecule has 0 N–H and O–H groups in total. The van der Waals surface area contributed by atoms with Crippen molar-refractivity contribution in [3.05, 3.63) is 82.1 Å². The fourth-order valence-corrected chi connectivity index (χ4v) is 2.66. The topological polar surface area (TPSA) is 76.6 Å².